The minimum absolute atomic E-state index is 0.368. The van der Waals surface area contributed by atoms with Crippen molar-refractivity contribution in [3.63, 3.8) is 0 Å². The lowest BCUT2D eigenvalue weighted by atomic mass is 9.97. The van der Waals surface area contributed by atoms with Crippen LogP contribution in [0.1, 0.15) is 5.69 Å². The van der Waals surface area contributed by atoms with Gasteiger partial charge < -0.3 is 0 Å². The summed E-state index contributed by atoms with van der Waals surface area (Å²) >= 11 is 1.83. The summed E-state index contributed by atoms with van der Waals surface area (Å²) in [4.78, 5) is 9.76. The lowest BCUT2D eigenvalue weighted by Crippen LogP contribution is -2.03. The summed E-state index contributed by atoms with van der Waals surface area (Å²) in [6.07, 6.45) is 0. The lowest BCUT2D eigenvalue weighted by Gasteiger charge is -2.09. The highest BCUT2D eigenvalue weighted by Crippen LogP contribution is 2.41. The third-order valence-electron chi connectivity index (χ3n) is 8.48. The van der Waals surface area contributed by atoms with Crippen LogP contribution in [0, 0.1) is 11.3 Å². The van der Waals surface area contributed by atoms with Gasteiger partial charge in [0.25, 0.3) is 0 Å². The van der Waals surface area contributed by atoms with Crippen LogP contribution in [0.15, 0.2) is 133 Å². The van der Waals surface area contributed by atoms with Gasteiger partial charge in [-0.15, -0.1) is 11.3 Å². The van der Waals surface area contributed by atoms with Crippen molar-refractivity contribution in [1.29, 1.82) is 5.26 Å². The highest BCUT2D eigenvalue weighted by Gasteiger charge is 2.20. The molecule has 3 aromatic heterocycles. The fourth-order valence-corrected chi connectivity index (χ4v) is 7.57. The third kappa shape index (κ3) is 3.69. The molecule has 0 amide bonds. The van der Waals surface area contributed by atoms with E-state index in [4.69, 9.17) is 9.97 Å². The zero-order valence-corrected chi connectivity index (χ0v) is 24.2. The molecular formula is C39H22N4S. The molecule has 0 atom stereocenters. The number of aromatic nitrogens is 3. The van der Waals surface area contributed by atoms with Crippen LogP contribution in [-0.4, -0.2) is 14.5 Å². The maximum Gasteiger partial charge on any atom is 0.236 e. The van der Waals surface area contributed by atoms with Gasteiger partial charge in [0.2, 0.25) is 5.95 Å². The van der Waals surface area contributed by atoms with Crippen molar-refractivity contribution in [2.24, 2.45) is 0 Å². The van der Waals surface area contributed by atoms with Crippen LogP contribution < -0.4 is 0 Å². The van der Waals surface area contributed by atoms with Gasteiger partial charge in [-0.05, 0) is 70.8 Å². The van der Waals surface area contributed by atoms with Crippen molar-refractivity contribution < 1.29 is 0 Å². The Morgan fingerprint density at radius 2 is 1.27 bits per heavy atom. The van der Waals surface area contributed by atoms with Gasteiger partial charge in [0.05, 0.1) is 16.6 Å². The SMILES string of the molecule is N#Cc1nc(-n2c3ccc(-c4ccc5sc6ccccc6c5c4)cc3c3c(-c4ccccc4)cccc32)nc2ccccc12. The van der Waals surface area contributed by atoms with Crippen molar-refractivity contribution in [2.75, 3.05) is 0 Å². The molecule has 44 heavy (non-hydrogen) atoms. The van der Waals surface area contributed by atoms with Crippen LogP contribution >= 0.6 is 11.3 Å². The van der Waals surface area contributed by atoms with E-state index < -0.39 is 0 Å². The van der Waals surface area contributed by atoms with Gasteiger partial charge in [-0.2, -0.15) is 5.26 Å². The molecule has 0 aliphatic heterocycles. The van der Waals surface area contributed by atoms with Crippen LogP contribution in [-0.2, 0) is 0 Å². The first-order valence-electron chi connectivity index (χ1n) is 14.5. The first kappa shape index (κ1) is 24.7. The predicted octanol–water partition coefficient (Wildman–Crippen LogP) is 10.3. The second kappa shape index (κ2) is 9.60. The zero-order chi connectivity index (χ0) is 29.2. The van der Waals surface area contributed by atoms with Gasteiger partial charge >= 0.3 is 0 Å². The number of nitriles is 1. The summed E-state index contributed by atoms with van der Waals surface area (Å²) < 4.78 is 4.70. The van der Waals surface area contributed by atoms with Crippen molar-refractivity contribution in [1.82, 2.24) is 14.5 Å². The van der Waals surface area contributed by atoms with E-state index in [1.165, 1.54) is 25.7 Å². The van der Waals surface area contributed by atoms with E-state index in [0.29, 0.717) is 11.6 Å². The highest BCUT2D eigenvalue weighted by molar-refractivity contribution is 7.25. The Balaban J connectivity index is 1.35. The zero-order valence-electron chi connectivity index (χ0n) is 23.4. The lowest BCUT2D eigenvalue weighted by molar-refractivity contribution is 1.00. The fourth-order valence-electron chi connectivity index (χ4n) is 6.48. The molecule has 204 valence electrons. The van der Waals surface area contributed by atoms with Gasteiger partial charge in [-0.25, -0.2) is 9.97 Å². The Morgan fingerprint density at radius 3 is 2.14 bits per heavy atom. The number of fused-ring (bicyclic) bond motifs is 7. The Kier molecular flexibility index (Phi) is 5.40. The molecule has 4 nitrogen and oxygen atoms in total. The van der Waals surface area contributed by atoms with Gasteiger partial charge in [0.15, 0.2) is 5.69 Å². The Morgan fingerprint density at radius 1 is 0.545 bits per heavy atom. The normalized spacial score (nSPS) is 11.6. The monoisotopic (exact) mass is 578 g/mol. The van der Waals surface area contributed by atoms with Crippen molar-refractivity contribution in [2.45, 2.75) is 0 Å². The average molecular weight is 579 g/mol. The molecule has 0 spiro atoms. The van der Waals surface area contributed by atoms with E-state index in [2.05, 4.69) is 114 Å². The number of nitrogens with zero attached hydrogens (tertiary/aromatic N) is 4. The van der Waals surface area contributed by atoms with E-state index >= 15 is 0 Å². The Labute approximate surface area is 256 Å². The first-order valence-corrected chi connectivity index (χ1v) is 15.3. The summed E-state index contributed by atoms with van der Waals surface area (Å²) in [5.41, 5.74) is 7.72. The van der Waals surface area contributed by atoms with Crippen molar-refractivity contribution >= 4 is 64.2 Å². The summed E-state index contributed by atoms with van der Waals surface area (Å²) in [5.74, 6) is 0.490. The molecule has 9 aromatic rings. The topological polar surface area (TPSA) is 54.5 Å². The minimum atomic E-state index is 0.368. The molecule has 0 aliphatic carbocycles. The number of hydrogen-bond donors (Lipinski definition) is 0. The smallest absolute Gasteiger partial charge is 0.236 e. The molecule has 3 heterocycles. The van der Waals surface area contributed by atoms with Gasteiger partial charge in [-0.3, -0.25) is 4.57 Å². The maximum absolute atomic E-state index is 10.0. The fraction of sp³-hybridized carbons (Fsp3) is 0. The molecule has 0 saturated heterocycles. The molecular weight excluding hydrogens is 557 g/mol. The Hall–Kier alpha value is -5.83. The number of rotatable bonds is 3. The first-order chi connectivity index (χ1) is 21.8. The summed E-state index contributed by atoms with van der Waals surface area (Å²) in [7, 11) is 0. The molecule has 0 aliphatic rings. The van der Waals surface area contributed by atoms with E-state index in [0.717, 1.165) is 49.4 Å². The van der Waals surface area contributed by atoms with E-state index in [1.54, 1.807) is 0 Å². The minimum Gasteiger partial charge on any atom is -0.278 e. The molecule has 0 radical (unpaired) electrons. The van der Waals surface area contributed by atoms with Crippen LogP contribution in [0.25, 0.3) is 81.1 Å². The molecule has 6 aromatic carbocycles. The van der Waals surface area contributed by atoms with Gasteiger partial charge in [0, 0.05) is 36.3 Å². The predicted molar refractivity (Wildman–Crippen MR) is 182 cm³/mol. The average Bonchev–Trinajstić information content (AvgIpc) is 3.63. The van der Waals surface area contributed by atoms with Crippen LogP contribution in [0.3, 0.4) is 0 Å². The summed E-state index contributed by atoms with van der Waals surface area (Å²) in [5, 5.41) is 15.6. The van der Waals surface area contributed by atoms with Crippen LogP contribution in [0.4, 0.5) is 0 Å². The van der Waals surface area contributed by atoms with E-state index in [-0.39, 0.29) is 0 Å². The summed E-state index contributed by atoms with van der Waals surface area (Å²) in [6.45, 7) is 0. The van der Waals surface area contributed by atoms with Gasteiger partial charge in [-0.1, -0.05) is 84.9 Å². The molecule has 0 saturated carbocycles. The number of benzene rings is 6. The van der Waals surface area contributed by atoms with Crippen molar-refractivity contribution in [3.8, 4) is 34.3 Å². The number of para-hydroxylation sites is 1. The molecule has 0 bridgehead atoms. The van der Waals surface area contributed by atoms with E-state index in [1.807, 2.05) is 41.7 Å². The number of hydrogen-bond acceptors (Lipinski definition) is 4. The van der Waals surface area contributed by atoms with Crippen molar-refractivity contribution in [3.05, 3.63) is 139 Å². The second-order valence-corrected chi connectivity index (χ2v) is 12.0. The quantitative estimate of drug-likeness (QED) is 0.210. The number of thiophene rings is 1. The molecule has 0 unspecified atom stereocenters. The summed E-state index contributed by atoms with van der Waals surface area (Å²) in [6, 6.07) is 48.9. The van der Waals surface area contributed by atoms with Crippen LogP contribution in [0.2, 0.25) is 0 Å². The highest BCUT2D eigenvalue weighted by atomic mass is 32.1. The Bertz CT molecular complexity index is 2620. The standard InChI is InChI=1S/C39H22N4S/c40-23-33-29-12-4-6-14-32(29)41-39(42-33)43-34-19-17-25(26-18-20-37-30(21-26)28-11-5-7-16-36(28)44-37)22-31(34)38-27(13-8-15-35(38)43)24-9-2-1-3-10-24/h1-22H. The molecule has 0 fully saturated rings. The largest absolute Gasteiger partial charge is 0.278 e. The maximum atomic E-state index is 10.0. The third-order valence-corrected chi connectivity index (χ3v) is 9.63. The van der Waals surface area contributed by atoms with Gasteiger partial charge in [0.1, 0.15) is 6.07 Å². The molecule has 5 heteroatoms. The molecule has 0 N–H and O–H groups in total. The second-order valence-electron chi connectivity index (χ2n) is 10.9. The van der Waals surface area contributed by atoms with Crippen LogP contribution in [0.5, 0.6) is 0 Å². The molecule has 9 rings (SSSR count). The van der Waals surface area contributed by atoms with E-state index in [9.17, 15) is 5.26 Å².